The number of aromatic nitrogens is 1. The number of hydrogen-bond acceptors (Lipinski definition) is 4. The Morgan fingerprint density at radius 2 is 1.73 bits per heavy atom. The van der Waals surface area contributed by atoms with E-state index in [1.807, 2.05) is 0 Å². The number of carboxylic acid groups (broad SMARTS) is 1. The molecule has 0 radical (unpaired) electrons. The molecule has 0 aliphatic carbocycles. The largest absolute Gasteiger partial charge is 0.545 e. The standard InChI is InChI=1S/C20H11Cl2NO3/c21-11-5-6-15(22)14(9-11)18-7-8-19(26-18)17-10-13(20(24)25)12-3-1-2-4-16(12)23-17/h1-10H,(H,24,25)/p-1. The van der Waals surface area contributed by atoms with E-state index >= 15 is 0 Å². The van der Waals surface area contributed by atoms with Gasteiger partial charge in [-0.25, -0.2) is 4.98 Å². The smallest absolute Gasteiger partial charge is 0.153 e. The number of nitrogens with zero attached hydrogens (tertiary/aromatic N) is 1. The zero-order valence-corrected chi connectivity index (χ0v) is 14.7. The molecule has 0 bridgehead atoms. The summed E-state index contributed by atoms with van der Waals surface area (Å²) in [4.78, 5) is 16.0. The summed E-state index contributed by atoms with van der Waals surface area (Å²) in [5.41, 5.74) is 1.64. The molecule has 0 atom stereocenters. The molecule has 2 aromatic heterocycles. The van der Waals surface area contributed by atoms with Crippen molar-refractivity contribution in [3.8, 4) is 22.8 Å². The van der Waals surface area contributed by atoms with Gasteiger partial charge >= 0.3 is 0 Å². The first-order valence-electron chi connectivity index (χ1n) is 7.70. The first-order chi connectivity index (χ1) is 12.5. The fraction of sp³-hybridized carbons (Fsp3) is 0. The average molecular weight is 383 g/mol. The third-order valence-corrected chi connectivity index (χ3v) is 4.55. The molecule has 26 heavy (non-hydrogen) atoms. The number of furan rings is 1. The Hall–Kier alpha value is -2.82. The topological polar surface area (TPSA) is 66.2 Å². The summed E-state index contributed by atoms with van der Waals surface area (Å²) in [6.45, 7) is 0. The van der Waals surface area contributed by atoms with Gasteiger partial charge in [-0.05, 0) is 42.5 Å². The van der Waals surface area contributed by atoms with E-state index in [0.29, 0.717) is 43.7 Å². The maximum absolute atomic E-state index is 11.5. The van der Waals surface area contributed by atoms with Crippen molar-refractivity contribution in [3.63, 3.8) is 0 Å². The molecule has 128 valence electrons. The number of carbonyl (C=O) groups is 1. The maximum atomic E-state index is 11.5. The predicted molar refractivity (Wildman–Crippen MR) is 99.2 cm³/mol. The number of hydrogen-bond donors (Lipinski definition) is 0. The zero-order chi connectivity index (χ0) is 18.3. The second-order valence-corrected chi connectivity index (χ2v) is 6.49. The minimum Gasteiger partial charge on any atom is -0.545 e. The fourth-order valence-corrected chi connectivity index (χ4v) is 3.16. The monoisotopic (exact) mass is 382 g/mol. The number of rotatable bonds is 3. The Balaban J connectivity index is 1.85. The lowest BCUT2D eigenvalue weighted by Crippen LogP contribution is -2.22. The van der Waals surface area contributed by atoms with Crippen LogP contribution in [0.4, 0.5) is 0 Å². The normalized spacial score (nSPS) is 11.0. The molecular formula is C20H10Cl2NO3-. The Bertz CT molecular complexity index is 1150. The Kier molecular flexibility index (Phi) is 4.15. The van der Waals surface area contributed by atoms with Gasteiger partial charge in [0.1, 0.15) is 11.5 Å². The summed E-state index contributed by atoms with van der Waals surface area (Å²) < 4.78 is 5.86. The molecule has 4 aromatic rings. The highest BCUT2D eigenvalue weighted by Crippen LogP contribution is 2.34. The summed E-state index contributed by atoms with van der Waals surface area (Å²) in [6.07, 6.45) is 0. The van der Waals surface area contributed by atoms with Gasteiger partial charge in [-0.2, -0.15) is 0 Å². The van der Waals surface area contributed by atoms with Crippen molar-refractivity contribution >= 4 is 40.1 Å². The van der Waals surface area contributed by atoms with Gasteiger partial charge in [0.2, 0.25) is 0 Å². The van der Waals surface area contributed by atoms with E-state index < -0.39 is 5.97 Å². The molecule has 2 aromatic carbocycles. The van der Waals surface area contributed by atoms with Crippen LogP contribution >= 0.6 is 23.2 Å². The molecule has 0 spiro atoms. The summed E-state index contributed by atoms with van der Waals surface area (Å²) >= 11 is 12.2. The number of benzene rings is 2. The van der Waals surface area contributed by atoms with E-state index in [-0.39, 0.29) is 5.56 Å². The number of aromatic carboxylic acids is 1. The van der Waals surface area contributed by atoms with Crippen LogP contribution in [-0.2, 0) is 0 Å². The first kappa shape index (κ1) is 16.6. The quantitative estimate of drug-likeness (QED) is 0.508. The second-order valence-electron chi connectivity index (χ2n) is 5.65. The molecule has 2 heterocycles. The molecule has 0 aliphatic heterocycles. The molecule has 0 N–H and O–H groups in total. The summed E-state index contributed by atoms with van der Waals surface area (Å²) in [7, 11) is 0. The summed E-state index contributed by atoms with van der Waals surface area (Å²) in [6, 6.07) is 16.9. The van der Waals surface area contributed by atoms with Gasteiger partial charge in [0.25, 0.3) is 0 Å². The maximum Gasteiger partial charge on any atom is 0.153 e. The molecule has 0 saturated carbocycles. The third-order valence-electron chi connectivity index (χ3n) is 3.99. The van der Waals surface area contributed by atoms with Crippen molar-refractivity contribution in [2.24, 2.45) is 0 Å². The molecule has 4 rings (SSSR count). The molecule has 0 amide bonds. The van der Waals surface area contributed by atoms with E-state index in [1.165, 1.54) is 6.07 Å². The van der Waals surface area contributed by atoms with Gasteiger partial charge in [0.15, 0.2) is 5.76 Å². The van der Waals surface area contributed by atoms with Gasteiger partial charge < -0.3 is 14.3 Å². The van der Waals surface area contributed by atoms with Gasteiger partial charge in [-0.3, -0.25) is 0 Å². The highest BCUT2D eigenvalue weighted by Gasteiger charge is 2.14. The van der Waals surface area contributed by atoms with Crippen molar-refractivity contribution in [3.05, 3.63) is 76.3 Å². The molecule has 0 saturated heterocycles. The van der Waals surface area contributed by atoms with Crippen LogP contribution in [0.5, 0.6) is 0 Å². The summed E-state index contributed by atoms with van der Waals surface area (Å²) in [5, 5.41) is 13.1. The van der Waals surface area contributed by atoms with E-state index in [0.717, 1.165) is 0 Å². The minimum atomic E-state index is -1.27. The highest BCUT2D eigenvalue weighted by molar-refractivity contribution is 6.35. The van der Waals surface area contributed by atoms with Crippen LogP contribution < -0.4 is 5.11 Å². The van der Waals surface area contributed by atoms with Crippen LogP contribution in [0.15, 0.2) is 65.1 Å². The third kappa shape index (κ3) is 2.94. The number of carboxylic acids is 1. The number of para-hydroxylation sites is 1. The number of halogens is 2. The van der Waals surface area contributed by atoms with E-state index in [1.54, 1.807) is 54.6 Å². The molecule has 0 fully saturated rings. The van der Waals surface area contributed by atoms with Gasteiger partial charge in [-0.1, -0.05) is 41.4 Å². The number of pyridine rings is 1. The van der Waals surface area contributed by atoms with E-state index in [9.17, 15) is 9.90 Å². The van der Waals surface area contributed by atoms with Crippen LogP contribution in [0.2, 0.25) is 10.0 Å². The second kappa shape index (κ2) is 6.48. The lowest BCUT2D eigenvalue weighted by atomic mass is 10.1. The molecular weight excluding hydrogens is 373 g/mol. The van der Waals surface area contributed by atoms with Crippen LogP contribution in [0.1, 0.15) is 10.4 Å². The van der Waals surface area contributed by atoms with Crippen LogP contribution in [-0.4, -0.2) is 11.0 Å². The number of fused-ring (bicyclic) bond motifs is 1. The van der Waals surface area contributed by atoms with Crippen molar-refractivity contribution in [2.75, 3.05) is 0 Å². The molecule has 6 heteroatoms. The molecule has 0 aliphatic rings. The minimum absolute atomic E-state index is 0.0596. The lowest BCUT2D eigenvalue weighted by Gasteiger charge is -2.09. The zero-order valence-electron chi connectivity index (χ0n) is 13.2. The van der Waals surface area contributed by atoms with Crippen LogP contribution in [0.25, 0.3) is 33.7 Å². The average Bonchev–Trinajstić information content (AvgIpc) is 3.12. The van der Waals surface area contributed by atoms with Crippen LogP contribution in [0, 0.1) is 0 Å². The Morgan fingerprint density at radius 1 is 0.962 bits per heavy atom. The van der Waals surface area contributed by atoms with Crippen molar-refractivity contribution < 1.29 is 14.3 Å². The Morgan fingerprint density at radius 3 is 2.54 bits per heavy atom. The van der Waals surface area contributed by atoms with E-state index in [2.05, 4.69) is 4.98 Å². The van der Waals surface area contributed by atoms with Gasteiger partial charge in [0, 0.05) is 21.5 Å². The highest BCUT2D eigenvalue weighted by atomic mass is 35.5. The number of carbonyl (C=O) groups excluding carboxylic acids is 1. The van der Waals surface area contributed by atoms with Crippen LogP contribution in [0.3, 0.4) is 0 Å². The lowest BCUT2D eigenvalue weighted by molar-refractivity contribution is -0.254. The van der Waals surface area contributed by atoms with Gasteiger partial charge in [-0.15, -0.1) is 0 Å². The predicted octanol–water partition coefficient (Wildman–Crippen LogP) is 4.83. The van der Waals surface area contributed by atoms with Gasteiger partial charge in [0.05, 0.1) is 16.5 Å². The fourth-order valence-electron chi connectivity index (χ4n) is 2.78. The summed E-state index contributed by atoms with van der Waals surface area (Å²) in [5.74, 6) is -0.337. The van der Waals surface area contributed by atoms with E-state index in [4.69, 9.17) is 27.6 Å². The first-order valence-corrected chi connectivity index (χ1v) is 8.45. The molecule has 0 unspecified atom stereocenters. The molecule has 4 nitrogen and oxygen atoms in total. The van der Waals surface area contributed by atoms with Crippen molar-refractivity contribution in [1.29, 1.82) is 0 Å². The SMILES string of the molecule is O=C([O-])c1cc(-c2ccc(-c3cc(Cl)ccc3Cl)o2)nc2ccccc12. The van der Waals surface area contributed by atoms with Crippen molar-refractivity contribution in [2.45, 2.75) is 0 Å². The Labute approximate surface area is 158 Å². The van der Waals surface area contributed by atoms with Crippen molar-refractivity contribution in [1.82, 2.24) is 4.98 Å².